The van der Waals surface area contributed by atoms with Crippen LogP contribution in [0.15, 0.2) is 28.7 Å². The number of halogens is 2. The molecule has 5 nitrogen and oxygen atoms in total. The Morgan fingerprint density at radius 1 is 1.14 bits per heavy atom. The Balaban J connectivity index is 0.00000225. The monoisotopic (exact) mass is 486 g/mol. The van der Waals surface area contributed by atoms with E-state index < -0.39 is 0 Å². The number of piperazine rings is 1. The normalized spacial score (nSPS) is 16.1. The largest absolute Gasteiger partial charge is 0.454 e. The zero-order valence-electron chi connectivity index (χ0n) is 15.8. The van der Waals surface area contributed by atoms with Crippen LogP contribution >= 0.6 is 39.7 Å². The number of rotatable bonds is 5. The summed E-state index contributed by atoms with van der Waals surface area (Å²) in [7, 11) is 0. The van der Waals surface area contributed by atoms with E-state index in [1.807, 2.05) is 17.0 Å². The molecule has 0 aliphatic carbocycles. The van der Waals surface area contributed by atoms with Crippen molar-refractivity contribution < 1.29 is 14.3 Å². The topological polar surface area (TPSA) is 42.0 Å². The van der Waals surface area contributed by atoms with E-state index >= 15 is 0 Å². The summed E-state index contributed by atoms with van der Waals surface area (Å²) in [5, 5.41) is 0. The van der Waals surface area contributed by atoms with Crippen molar-refractivity contribution in [3.05, 3.63) is 44.1 Å². The summed E-state index contributed by atoms with van der Waals surface area (Å²) in [6, 6.07) is 8.10. The fourth-order valence-electron chi connectivity index (χ4n) is 3.47. The maximum atomic E-state index is 12.8. The number of carbonyl (C=O) groups excluding carboxylic acids is 1. The number of benzene rings is 1. The fourth-order valence-corrected chi connectivity index (χ4v) is 5.41. The molecule has 0 radical (unpaired) electrons. The molecule has 2 aliphatic rings. The maximum absolute atomic E-state index is 12.8. The Morgan fingerprint density at radius 3 is 2.64 bits per heavy atom. The lowest BCUT2D eigenvalue weighted by molar-refractivity contribution is 0.0633. The Kier molecular flexibility index (Phi) is 7.25. The molecule has 1 aromatic heterocycles. The van der Waals surface area contributed by atoms with Crippen LogP contribution in [0.5, 0.6) is 11.5 Å². The van der Waals surface area contributed by atoms with Gasteiger partial charge in [-0.3, -0.25) is 9.69 Å². The standard InChI is InChI=1S/C20H23BrN2O3S.ClH/c1-2-3-18-15(21)11-19(27-18)20(24)23-8-6-22(7-9-23)12-14-4-5-16-17(10-14)26-13-25-16;/h4-5,10-11H,2-3,6-9,12-13H2,1H3;1H. The summed E-state index contributed by atoms with van der Waals surface area (Å²) in [5.74, 6) is 1.80. The lowest BCUT2D eigenvalue weighted by Crippen LogP contribution is -2.48. The highest BCUT2D eigenvalue weighted by molar-refractivity contribution is 9.10. The van der Waals surface area contributed by atoms with E-state index in [1.54, 1.807) is 11.3 Å². The van der Waals surface area contributed by atoms with Crippen molar-refractivity contribution >= 4 is 45.6 Å². The van der Waals surface area contributed by atoms with Gasteiger partial charge in [0.05, 0.1) is 4.88 Å². The first kappa shape index (κ1) is 21.4. The molecule has 8 heteroatoms. The summed E-state index contributed by atoms with van der Waals surface area (Å²) < 4.78 is 11.9. The van der Waals surface area contributed by atoms with E-state index in [4.69, 9.17) is 9.47 Å². The first-order valence-electron chi connectivity index (χ1n) is 9.32. The van der Waals surface area contributed by atoms with Gasteiger partial charge in [0.1, 0.15) is 0 Å². The quantitative estimate of drug-likeness (QED) is 0.619. The summed E-state index contributed by atoms with van der Waals surface area (Å²) in [6.07, 6.45) is 2.10. The molecule has 0 bridgehead atoms. The highest BCUT2D eigenvalue weighted by Crippen LogP contribution is 2.33. The highest BCUT2D eigenvalue weighted by Gasteiger charge is 2.24. The number of fused-ring (bicyclic) bond motifs is 1. The van der Waals surface area contributed by atoms with Gasteiger partial charge < -0.3 is 14.4 Å². The smallest absolute Gasteiger partial charge is 0.264 e. The van der Waals surface area contributed by atoms with Gasteiger partial charge in [-0.15, -0.1) is 23.7 Å². The Bertz CT molecular complexity index is 837. The Morgan fingerprint density at radius 2 is 1.89 bits per heavy atom. The van der Waals surface area contributed by atoms with Gasteiger partial charge in [-0.1, -0.05) is 19.4 Å². The molecule has 0 saturated carbocycles. The zero-order valence-corrected chi connectivity index (χ0v) is 19.0. The van der Waals surface area contributed by atoms with Crippen LogP contribution in [0.4, 0.5) is 0 Å². The van der Waals surface area contributed by atoms with Crippen molar-refractivity contribution in [3.8, 4) is 11.5 Å². The van der Waals surface area contributed by atoms with Crippen molar-refractivity contribution in [1.82, 2.24) is 9.80 Å². The molecule has 4 rings (SSSR count). The van der Waals surface area contributed by atoms with Crippen molar-refractivity contribution in [1.29, 1.82) is 0 Å². The molecule has 1 amide bonds. The molecular weight excluding hydrogens is 464 g/mol. The van der Waals surface area contributed by atoms with E-state index in [0.717, 1.165) is 66.4 Å². The first-order chi connectivity index (χ1) is 13.1. The van der Waals surface area contributed by atoms with E-state index in [2.05, 4.69) is 39.9 Å². The molecule has 2 aliphatic heterocycles. The third-order valence-corrected chi connectivity index (χ3v) is 7.10. The van der Waals surface area contributed by atoms with Crippen LogP contribution in [-0.4, -0.2) is 48.7 Å². The lowest BCUT2D eigenvalue weighted by atomic mass is 10.1. The molecule has 1 fully saturated rings. The van der Waals surface area contributed by atoms with Crippen molar-refractivity contribution in [2.75, 3.05) is 33.0 Å². The number of nitrogens with zero attached hydrogens (tertiary/aromatic N) is 2. The van der Waals surface area contributed by atoms with Crippen LogP contribution in [0, 0.1) is 0 Å². The number of ether oxygens (including phenoxy) is 2. The second-order valence-electron chi connectivity index (χ2n) is 6.89. The Labute approximate surface area is 184 Å². The Hall–Kier alpha value is -1.28. The predicted octanol–water partition coefficient (Wildman–Crippen LogP) is 4.57. The van der Waals surface area contributed by atoms with Gasteiger partial charge in [0.25, 0.3) is 5.91 Å². The van der Waals surface area contributed by atoms with Crippen LogP contribution in [-0.2, 0) is 13.0 Å². The van der Waals surface area contributed by atoms with Crippen molar-refractivity contribution in [2.24, 2.45) is 0 Å². The third kappa shape index (κ3) is 4.64. The molecule has 1 saturated heterocycles. The van der Waals surface area contributed by atoms with Crippen molar-refractivity contribution in [2.45, 2.75) is 26.3 Å². The minimum atomic E-state index is 0. The van der Waals surface area contributed by atoms with Crippen LogP contribution in [0.3, 0.4) is 0 Å². The van der Waals surface area contributed by atoms with Crippen molar-refractivity contribution in [3.63, 3.8) is 0 Å². The summed E-state index contributed by atoms with van der Waals surface area (Å²) >= 11 is 5.21. The van der Waals surface area contributed by atoms with Gasteiger partial charge in [-0.2, -0.15) is 0 Å². The SMILES string of the molecule is CCCc1sc(C(=O)N2CCN(Cc3ccc4c(c3)OCO4)CC2)cc1Br.Cl. The van der Waals surface area contributed by atoms with E-state index in [9.17, 15) is 4.79 Å². The van der Waals surface area contributed by atoms with Crippen LogP contribution in [0.25, 0.3) is 0 Å². The van der Waals surface area contributed by atoms with Gasteiger partial charge in [0.2, 0.25) is 6.79 Å². The van der Waals surface area contributed by atoms with E-state index in [1.165, 1.54) is 10.4 Å². The summed E-state index contributed by atoms with van der Waals surface area (Å²) in [4.78, 5) is 19.3. The van der Waals surface area contributed by atoms with E-state index in [0.29, 0.717) is 6.79 Å². The summed E-state index contributed by atoms with van der Waals surface area (Å²) in [6.45, 7) is 6.63. The molecule has 28 heavy (non-hydrogen) atoms. The van der Waals surface area contributed by atoms with Crippen LogP contribution < -0.4 is 9.47 Å². The average Bonchev–Trinajstić information content (AvgIpc) is 3.28. The van der Waals surface area contributed by atoms with Gasteiger partial charge in [0.15, 0.2) is 11.5 Å². The molecule has 0 spiro atoms. The number of thiophene rings is 1. The molecule has 1 aromatic carbocycles. The summed E-state index contributed by atoms with van der Waals surface area (Å²) in [5.41, 5.74) is 1.21. The number of carbonyl (C=O) groups is 1. The molecule has 152 valence electrons. The second kappa shape index (κ2) is 9.48. The fraction of sp³-hybridized carbons (Fsp3) is 0.450. The average molecular weight is 488 g/mol. The maximum Gasteiger partial charge on any atom is 0.264 e. The third-order valence-electron chi connectivity index (χ3n) is 4.95. The number of aryl methyl sites for hydroxylation is 1. The highest BCUT2D eigenvalue weighted by atomic mass is 79.9. The van der Waals surface area contributed by atoms with Gasteiger partial charge >= 0.3 is 0 Å². The zero-order chi connectivity index (χ0) is 18.8. The molecule has 0 N–H and O–H groups in total. The lowest BCUT2D eigenvalue weighted by Gasteiger charge is -2.34. The number of hydrogen-bond acceptors (Lipinski definition) is 5. The van der Waals surface area contributed by atoms with Crippen LogP contribution in [0.2, 0.25) is 0 Å². The number of hydrogen-bond donors (Lipinski definition) is 0. The molecule has 3 heterocycles. The molecule has 0 atom stereocenters. The van der Waals surface area contributed by atoms with Gasteiger partial charge in [0, 0.05) is 42.1 Å². The minimum absolute atomic E-state index is 0. The van der Waals surface area contributed by atoms with Gasteiger partial charge in [-0.25, -0.2) is 0 Å². The molecular formula is C20H24BrClN2O3S. The molecule has 0 unspecified atom stereocenters. The second-order valence-corrected chi connectivity index (χ2v) is 8.88. The van der Waals surface area contributed by atoms with Crippen LogP contribution in [0.1, 0.15) is 33.5 Å². The first-order valence-corrected chi connectivity index (χ1v) is 10.9. The predicted molar refractivity (Wildman–Crippen MR) is 117 cm³/mol. The minimum Gasteiger partial charge on any atom is -0.454 e. The van der Waals surface area contributed by atoms with E-state index in [-0.39, 0.29) is 18.3 Å². The van der Waals surface area contributed by atoms with Gasteiger partial charge in [-0.05, 0) is 46.1 Å². The molecule has 2 aromatic rings. The number of amides is 1.